The van der Waals surface area contributed by atoms with E-state index < -0.39 is 0 Å². The van der Waals surface area contributed by atoms with Crippen LogP contribution in [-0.4, -0.2) is 74.2 Å². The van der Waals surface area contributed by atoms with Crippen LogP contribution in [-0.2, 0) is 9.53 Å². The highest BCUT2D eigenvalue weighted by molar-refractivity contribution is 5.81. The molecule has 0 bridgehead atoms. The van der Waals surface area contributed by atoms with E-state index >= 15 is 0 Å². The number of rotatable bonds is 6. The first-order valence-corrected chi connectivity index (χ1v) is 9.73. The number of likely N-dealkylation sites (N-methyl/N-ethyl adjacent to an activating group) is 1. The Hall–Kier alpha value is -0.650. The van der Waals surface area contributed by atoms with Gasteiger partial charge in [-0.25, -0.2) is 0 Å². The molecule has 1 saturated carbocycles. The maximum absolute atomic E-state index is 12.2. The van der Waals surface area contributed by atoms with Gasteiger partial charge in [0.1, 0.15) is 0 Å². The molecule has 2 saturated heterocycles. The van der Waals surface area contributed by atoms with Gasteiger partial charge in [0.2, 0.25) is 5.91 Å². The van der Waals surface area contributed by atoms with Gasteiger partial charge in [-0.05, 0) is 45.2 Å². The van der Waals surface area contributed by atoms with Gasteiger partial charge in [-0.15, -0.1) is 0 Å². The van der Waals surface area contributed by atoms with Crippen molar-refractivity contribution in [3.05, 3.63) is 0 Å². The largest absolute Gasteiger partial charge is 0.377 e. The standard InChI is InChI=1S/C19H35N3O2/c1-19(2)16(14-8-6-13-24-17(14)19)20-10-7-12-22-11-5-9-15(22)18(23)21(3)4/h14-17,20H,5-13H2,1-4H3/t14-,15+,16-,17-/m1/s1. The maximum Gasteiger partial charge on any atom is 0.239 e. The molecule has 5 nitrogen and oxygen atoms in total. The average molecular weight is 338 g/mol. The Bertz CT molecular complexity index is 452. The number of hydrogen-bond donors (Lipinski definition) is 1. The van der Waals surface area contributed by atoms with E-state index in [9.17, 15) is 4.79 Å². The minimum atomic E-state index is 0.108. The second-order valence-corrected chi connectivity index (χ2v) is 8.63. The lowest BCUT2D eigenvalue weighted by Gasteiger charge is -2.60. The number of hydrogen-bond acceptors (Lipinski definition) is 4. The van der Waals surface area contributed by atoms with Crippen LogP contribution in [0, 0.1) is 11.3 Å². The number of carbonyl (C=O) groups excluding carboxylic acids is 1. The van der Waals surface area contributed by atoms with Gasteiger partial charge in [-0.3, -0.25) is 9.69 Å². The third-order valence-electron chi connectivity index (χ3n) is 6.41. The van der Waals surface area contributed by atoms with Crippen LogP contribution in [0.4, 0.5) is 0 Å². The Kier molecular flexibility index (Phi) is 5.52. The molecule has 0 spiro atoms. The first-order chi connectivity index (χ1) is 11.4. The Morgan fingerprint density at radius 1 is 1.29 bits per heavy atom. The van der Waals surface area contributed by atoms with Gasteiger partial charge in [-0.2, -0.15) is 0 Å². The second kappa shape index (κ2) is 7.30. The number of likely N-dealkylation sites (tertiary alicyclic amines) is 1. The molecule has 3 aliphatic rings. The minimum absolute atomic E-state index is 0.108. The topological polar surface area (TPSA) is 44.8 Å². The Balaban J connectivity index is 1.41. The number of nitrogens with zero attached hydrogens (tertiary/aromatic N) is 2. The van der Waals surface area contributed by atoms with Crippen LogP contribution in [0.15, 0.2) is 0 Å². The Labute approximate surface area is 147 Å². The zero-order valence-corrected chi connectivity index (χ0v) is 15.9. The van der Waals surface area contributed by atoms with Crippen LogP contribution in [0.25, 0.3) is 0 Å². The van der Waals surface area contributed by atoms with E-state index in [-0.39, 0.29) is 17.4 Å². The van der Waals surface area contributed by atoms with Crippen molar-refractivity contribution in [2.75, 3.05) is 40.3 Å². The zero-order valence-electron chi connectivity index (χ0n) is 15.9. The van der Waals surface area contributed by atoms with Crippen LogP contribution in [0.3, 0.4) is 0 Å². The van der Waals surface area contributed by atoms with Gasteiger partial charge >= 0.3 is 0 Å². The first-order valence-electron chi connectivity index (χ1n) is 9.73. The van der Waals surface area contributed by atoms with E-state index in [1.807, 2.05) is 14.1 Å². The normalized spacial score (nSPS) is 35.3. The monoisotopic (exact) mass is 337 g/mol. The van der Waals surface area contributed by atoms with Crippen molar-refractivity contribution in [3.63, 3.8) is 0 Å². The summed E-state index contributed by atoms with van der Waals surface area (Å²) in [6.07, 6.45) is 6.23. The molecule has 2 heterocycles. The number of ether oxygens (including phenoxy) is 1. The van der Waals surface area contributed by atoms with Crippen molar-refractivity contribution in [1.29, 1.82) is 0 Å². The Morgan fingerprint density at radius 3 is 2.83 bits per heavy atom. The molecular formula is C19H35N3O2. The molecule has 24 heavy (non-hydrogen) atoms. The van der Waals surface area contributed by atoms with Gasteiger partial charge in [-0.1, -0.05) is 13.8 Å². The molecule has 0 unspecified atom stereocenters. The van der Waals surface area contributed by atoms with Crippen LogP contribution >= 0.6 is 0 Å². The summed E-state index contributed by atoms with van der Waals surface area (Å²) in [5, 5.41) is 3.80. The molecule has 0 aromatic heterocycles. The molecule has 1 N–H and O–H groups in total. The number of fused-ring (bicyclic) bond motifs is 1. The van der Waals surface area contributed by atoms with Crippen LogP contribution < -0.4 is 5.32 Å². The van der Waals surface area contributed by atoms with Gasteiger partial charge in [0, 0.05) is 44.6 Å². The first kappa shape index (κ1) is 18.2. The average Bonchev–Trinajstić information content (AvgIpc) is 3.02. The summed E-state index contributed by atoms with van der Waals surface area (Å²) in [5.74, 6) is 0.964. The molecule has 3 fully saturated rings. The SMILES string of the molecule is CN(C)C(=O)[C@@H]1CCCN1CCCN[C@@H]1[C@H]2CCCO[C@H]2C1(C)C. The van der Waals surface area contributed by atoms with Crippen molar-refractivity contribution in [1.82, 2.24) is 15.1 Å². The third-order valence-corrected chi connectivity index (χ3v) is 6.41. The van der Waals surface area contributed by atoms with Gasteiger partial charge in [0.15, 0.2) is 0 Å². The molecule has 4 atom stereocenters. The van der Waals surface area contributed by atoms with E-state index in [1.54, 1.807) is 4.90 Å². The predicted octanol–water partition coefficient (Wildman–Crippen LogP) is 1.72. The van der Waals surface area contributed by atoms with Crippen molar-refractivity contribution < 1.29 is 9.53 Å². The molecule has 1 aliphatic carbocycles. The smallest absolute Gasteiger partial charge is 0.239 e. The highest BCUT2D eigenvalue weighted by atomic mass is 16.5. The molecule has 138 valence electrons. The molecule has 0 radical (unpaired) electrons. The molecule has 3 rings (SSSR count). The zero-order chi connectivity index (χ0) is 17.3. The van der Waals surface area contributed by atoms with Crippen LogP contribution in [0.1, 0.15) is 46.0 Å². The van der Waals surface area contributed by atoms with Crippen LogP contribution in [0.5, 0.6) is 0 Å². The third kappa shape index (κ3) is 3.35. The summed E-state index contributed by atoms with van der Waals surface area (Å²) < 4.78 is 5.98. The summed E-state index contributed by atoms with van der Waals surface area (Å²) in [6.45, 7) is 8.74. The van der Waals surface area contributed by atoms with E-state index in [0.29, 0.717) is 18.1 Å². The minimum Gasteiger partial charge on any atom is -0.377 e. The van der Waals surface area contributed by atoms with Gasteiger partial charge < -0.3 is 15.0 Å². The lowest BCUT2D eigenvalue weighted by molar-refractivity contribution is -0.192. The fourth-order valence-corrected chi connectivity index (χ4v) is 5.15. The fourth-order valence-electron chi connectivity index (χ4n) is 5.15. The summed E-state index contributed by atoms with van der Waals surface area (Å²) in [7, 11) is 3.73. The highest BCUT2D eigenvalue weighted by Crippen LogP contribution is 2.51. The summed E-state index contributed by atoms with van der Waals surface area (Å²) in [4.78, 5) is 16.4. The highest BCUT2D eigenvalue weighted by Gasteiger charge is 2.57. The summed E-state index contributed by atoms with van der Waals surface area (Å²) in [5.41, 5.74) is 0.252. The van der Waals surface area contributed by atoms with Crippen molar-refractivity contribution in [2.45, 2.75) is 64.1 Å². The van der Waals surface area contributed by atoms with Gasteiger partial charge in [0.25, 0.3) is 0 Å². The molecule has 5 heteroatoms. The molecule has 1 amide bonds. The van der Waals surface area contributed by atoms with E-state index in [0.717, 1.165) is 45.5 Å². The fraction of sp³-hybridized carbons (Fsp3) is 0.947. The second-order valence-electron chi connectivity index (χ2n) is 8.63. The van der Waals surface area contributed by atoms with E-state index in [2.05, 4.69) is 24.1 Å². The Morgan fingerprint density at radius 2 is 2.08 bits per heavy atom. The van der Waals surface area contributed by atoms with Gasteiger partial charge in [0.05, 0.1) is 12.1 Å². The van der Waals surface area contributed by atoms with Crippen LogP contribution in [0.2, 0.25) is 0 Å². The number of amides is 1. The number of carbonyl (C=O) groups is 1. The number of nitrogens with one attached hydrogen (secondary N) is 1. The lowest BCUT2D eigenvalue weighted by atomic mass is 9.55. The molecular weight excluding hydrogens is 302 g/mol. The van der Waals surface area contributed by atoms with E-state index in [1.165, 1.54) is 12.8 Å². The summed E-state index contributed by atoms with van der Waals surface area (Å²) >= 11 is 0. The molecule has 2 aliphatic heterocycles. The van der Waals surface area contributed by atoms with Crippen molar-refractivity contribution >= 4 is 5.91 Å². The molecule has 0 aromatic rings. The van der Waals surface area contributed by atoms with Crippen molar-refractivity contribution in [3.8, 4) is 0 Å². The summed E-state index contributed by atoms with van der Waals surface area (Å²) in [6, 6.07) is 0.692. The predicted molar refractivity (Wildman–Crippen MR) is 95.9 cm³/mol. The molecule has 0 aromatic carbocycles. The van der Waals surface area contributed by atoms with Crippen molar-refractivity contribution in [2.24, 2.45) is 11.3 Å². The lowest BCUT2D eigenvalue weighted by Crippen LogP contribution is -2.69. The maximum atomic E-state index is 12.2. The van der Waals surface area contributed by atoms with E-state index in [4.69, 9.17) is 4.74 Å². The quantitative estimate of drug-likeness (QED) is 0.750.